The average molecular weight is 281 g/mol. The number of hydrogen-bond donors (Lipinski definition) is 1. The van der Waals surface area contributed by atoms with Gasteiger partial charge in [0.1, 0.15) is 5.01 Å². The third-order valence-electron chi connectivity index (χ3n) is 3.98. The Balaban J connectivity index is 2.07. The molecule has 0 radical (unpaired) electrons. The fourth-order valence-electron chi connectivity index (χ4n) is 3.06. The van der Waals surface area contributed by atoms with E-state index in [1.807, 2.05) is 6.20 Å². The van der Waals surface area contributed by atoms with Crippen LogP contribution in [0.5, 0.6) is 0 Å². The molecule has 108 valence electrons. The molecule has 0 aliphatic carbocycles. The van der Waals surface area contributed by atoms with Crippen molar-refractivity contribution < 1.29 is 0 Å². The predicted octanol–water partition coefficient (Wildman–Crippen LogP) is 3.30. The van der Waals surface area contributed by atoms with Crippen LogP contribution in [0, 0.1) is 5.92 Å². The molecular formula is C15H27N3S. The molecule has 2 rings (SSSR count). The Bertz CT molecular complexity index is 363. The van der Waals surface area contributed by atoms with Crippen molar-refractivity contribution in [2.24, 2.45) is 5.92 Å². The van der Waals surface area contributed by atoms with Crippen LogP contribution in [0.4, 0.5) is 0 Å². The van der Waals surface area contributed by atoms with Crippen LogP contribution in [-0.2, 0) is 0 Å². The summed E-state index contributed by atoms with van der Waals surface area (Å²) in [6.07, 6.45) is 4.34. The van der Waals surface area contributed by atoms with E-state index in [4.69, 9.17) is 0 Å². The molecule has 2 heterocycles. The second-order valence-electron chi connectivity index (χ2n) is 6.07. The van der Waals surface area contributed by atoms with Gasteiger partial charge in [-0.2, -0.15) is 0 Å². The zero-order valence-corrected chi connectivity index (χ0v) is 13.4. The van der Waals surface area contributed by atoms with E-state index in [1.54, 1.807) is 11.3 Å². The molecule has 0 amide bonds. The highest BCUT2D eigenvalue weighted by molar-refractivity contribution is 7.09. The zero-order chi connectivity index (χ0) is 13.8. The van der Waals surface area contributed by atoms with Crippen molar-refractivity contribution in [3.63, 3.8) is 0 Å². The van der Waals surface area contributed by atoms with Gasteiger partial charge < -0.3 is 5.32 Å². The van der Waals surface area contributed by atoms with Gasteiger partial charge in [0.25, 0.3) is 0 Å². The summed E-state index contributed by atoms with van der Waals surface area (Å²) >= 11 is 1.79. The van der Waals surface area contributed by atoms with Gasteiger partial charge in [-0.3, -0.25) is 4.90 Å². The number of piperazine rings is 1. The van der Waals surface area contributed by atoms with Gasteiger partial charge in [0.2, 0.25) is 0 Å². The van der Waals surface area contributed by atoms with Gasteiger partial charge in [0.05, 0.1) is 6.04 Å². The first-order valence-electron chi connectivity index (χ1n) is 7.50. The fraction of sp³-hybridized carbons (Fsp3) is 0.800. The molecule has 1 aliphatic heterocycles. The molecule has 3 nitrogen and oxygen atoms in total. The molecule has 3 atom stereocenters. The van der Waals surface area contributed by atoms with E-state index >= 15 is 0 Å². The van der Waals surface area contributed by atoms with Gasteiger partial charge in [-0.25, -0.2) is 4.98 Å². The number of nitrogens with one attached hydrogen (secondary N) is 1. The first-order chi connectivity index (χ1) is 9.11. The van der Waals surface area contributed by atoms with E-state index in [1.165, 1.54) is 11.4 Å². The van der Waals surface area contributed by atoms with Crippen LogP contribution in [0.15, 0.2) is 11.6 Å². The van der Waals surface area contributed by atoms with E-state index in [2.05, 4.69) is 48.3 Å². The highest BCUT2D eigenvalue weighted by atomic mass is 32.1. The van der Waals surface area contributed by atoms with Crippen molar-refractivity contribution in [2.45, 2.75) is 58.7 Å². The van der Waals surface area contributed by atoms with E-state index in [-0.39, 0.29) is 0 Å². The maximum atomic E-state index is 4.54. The topological polar surface area (TPSA) is 28.2 Å². The first kappa shape index (κ1) is 14.9. The molecule has 1 aliphatic rings. The fourth-order valence-corrected chi connectivity index (χ4v) is 3.91. The summed E-state index contributed by atoms with van der Waals surface area (Å²) < 4.78 is 0. The second kappa shape index (κ2) is 6.82. The molecule has 1 N–H and O–H groups in total. The summed E-state index contributed by atoms with van der Waals surface area (Å²) in [6, 6.07) is 1.72. The monoisotopic (exact) mass is 281 g/mol. The Kier molecular flexibility index (Phi) is 5.37. The van der Waals surface area contributed by atoms with Gasteiger partial charge in [-0.1, -0.05) is 20.8 Å². The maximum absolute atomic E-state index is 4.54. The number of rotatable bonds is 5. The zero-order valence-electron chi connectivity index (χ0n) is 12.6. The Labute approximate surface area is 121 Å². The molecule has 0 spiro atoms. The van der Waals surface area contributed by atoms with E-state index in [0.717, 1.165) is 25.4 Å². The van der Waals surface area contributed by atoms with Crippen molar-refractivity contribution in [1.82, 2.24) is 15.2 Å². The van der Waals surface area contributed by atoms with E-state index in [0.29, 0.717) is 18.1 Å². The van der Waals surface area contributed by atoms with Gasteiger partial charge in [-0.15, -0.1) is 11.3 Å². The normalized spacial score (nSPS) is 26.8. The Hall–Kier alpha value is -0.450. The number of hydrogen-bond acceptors (Lipinski definition) is 4. The Morgan fingerprint density at radius 2 is 2.32 bits per heavy atom. The maximum Gasteiger partial charge on any atom is 0.110 e. The molecule has 19 heavy (non-hydrogen) atoms. The van der Waals surface area contributed by atoms with Crippen LogP contribution < -0.4 is 5.32 Å². The summed E-state index contributed by atoms with van der Waals surface area (Å²) in [5.74, 6) is 0.757. The number of nitrogens with zero attached hydrogens (tertiary/aromatic N) is 2. The predicted molar refractivity (Wildman–Crippen MR) is 82.6 cm³/mol. The minimum atomic E-state index is 0.492. The third-order valence-corrected chi connectivity index (χ3v) is 4.86. The third kappa shape index (κ3) is 3.77. The van der Waals surface area contributed by atoms with Crippen molar-refractivity contribution >= 4 is 11.3 Å². The summed E-state index contributed by atoms with van der Waals surface area (Å²) in [5, 5.41) is 7.07. The second-order valence-corrected chi connectivity index (χ2v) is 7.00. The lowest BCUT2D eigenvalue weighted by Gasteiger charge is -2.43. The highest BCUT2D eigenvalue weighted by Gasteiger charge is 2.31. The summed E-state index contributed by atoms with van der Waals surface area (Å²) in [7, 11) is 0. The lowest BCUT2D eigenvalue weighted by atomic mass is 9.98. The van der Waals surface area contributed by atoms with Gasteiger partial charge in [0, 0.05) is 36.8 Å². The lowest BCUT2D eigenvalue weighted by molar-refractivity contribution is 0.0818. The molecule has 3 unspecified atom stereocenters. The smallest absolute Gasteiger partial charge is 0.110 e. The van der Waals surface area contributed by atoms with Crippen LogP contribution in [0.25, 0.3) is 0 Å². The lowest BCUT2D eigenvalue weighted by Crippen LogP contribution is -2.56. The van der Waals surface area contributed by atoms with Crippen molar-refractivity contribution in [3.8, 4) is 0 Å². The minimum absolute atomic E-state index is 0.492. The molecule has 0 saturated carbocycles. The molecule has 1 aromatic heterocycles. The van der Waals surface area contributed by atoms with Crippen LogP contribution in [-0.4, -0.2) is 35.1 Å². The van der Waals surface area contributed by atoms with Crippen LogP contribution in [0.1, 0.15) is 51.6 Å². The van der Waals surface area contributed by atoms with Gasteiger partial charge in [0.15, 0.2) is 0 Å². The summed E-state index contributed by atoms with van der Waals surface area (Å²) in [5.41, 5.74) is 0. The van der Waals surface area contributed by atoms with Gasteiger partial charge in [-0.05, 0) is 25.7 Å². The van der Waals surface area contributed by atoms with Gasteiger partial charge >= 0.3 is 0 Å². The summed E-state index contributed by atoms with van der Waals surface area (Å²) in [6.45, 7) is 11.5. The SMILES string of the molecule is CCC(c1nccs1)N1CC(CC(C)C)NCC1C. The standard InChI is InChI=1S/C15H27N3S/c1-5-14(15-16-6-7-19-15)18-10-13(8-11(2)3)17-9-12(18)4/h6-7,11-14,17H,5,8-10H2,1-4H3. The molecule has 1 aromatic rings. The number of aromatic nitrogens is 1. The molecule has 0 aromatic carbocycles. The highest BCUT2D eigenvalue weighted by Crippen LogP contribution is 2.29. The quantitative estimate of drug-likeness (QED) is 0.897. The molecule has 1 fully saturated rings. The number of thiazole rings is 1. The van der Waals surface area contributed by atoms with Crippen molar-refractivity contribution in [1.29, 1.82) is 0 Å². The van der Waals surface area contributed by atoms with E-state index in [9.17, 15) is 0 Å². The largest absolute Gasteiger partial charge is 0.311 e. The molecule has 1 saturated heterocycles. The molecule has 0 bridgehead atoms. The van der Waals surface area contributed by atoms with E-state index < -0.39 is 0 Å². The molecular weight excluding hydrogens is 254 g/mol. The Morgan fingerprint density at radius 1 is 1.53 bits per heavy atom. The van der Waals surface area contributed by atoms with Crippen LogP contribution in [0.2, 0.25) is 0 Å². The summed E-state index contributed by atoms with van der Waals surface area (Å²) in [4.78, 5) is 7.19. The average Bonchev–Trinajstić information content (AvgIpc) is 2.87. The minimum Gasteiger partial charge on any atom is -0.311 e. The molecule has 4 heteroatoms. The van der Waals surface area contributed by atoms with Crippen LogP contribution >= 0.6 is 11.3 Å². The van der Waals surface area contributed by atoms with Crippen molar-refractivity contribution in [2.75, 3.05) is 13.1 Å². The Morgan fingerprint density at radius 3 is 2.89 bits per heavy atom. The van der Waals surface area contributed by atoms with Crippen molar-refractivity contribution in [3.05, 3.63) is 16.6 Å². The first-order valence-corrected chi connectivity index (χ1v) is 8.38. The van der Waals surface area contributed by atoms with Crippen LogP contribution in [0.3, 0.4) is 0 Å².